The van der Waals surface area contributed by atoms with Crippen LogP contribution >= 0.6 is 7.82 Å². The van der Waals surface area contributed by atoms with Crippen molar-refractivity contribution in [1.29, 1.82) is 0 Å². The Kier molecular flexibility index (Phi) is 32.0. The molecule has 0 saturated heterocycles. The molecular formula is C45H75O14P. The van der Waals surface area contributed by atoms with Gasteiger partial charge < -0.3 is 45.0 Å². The Bertz CT molecular complexity index is 1340. The van der Waals surface area contributed by atoms with Crippen LogP contribution in [-0.2, 0) is 32.7 Å². The second-order valence-electron chi connectivity index (χ2n) is 15.0. The van der Waals surface area contributed by atoms with Crippen molar-refractivity contribution in [1.82, 2.24) is 0 Å². The van der Waals surface area contributed by atoms with E-state index in [1.165, 1.54) is 0 Å². The molecular weight excluding hydrogens is 795 g/mol. The maximum Gasteiger partial charge on any atom is 0.472 e. The molecule has 9 atom stereocenters. The molecule has 344 valence electrons. The second kappa shape index (κ2) is 34.8. The first kappa shape index (κ1) is 55.3. The predicted octanol–water partition coefficient (Wildman–Crippen LogP) is 6.91. The van der Waals surface area contributed by atoms with Crippen LogP contribution in [-0.4, -0.2) is 110 Å². The molecule has 1 fully saturated rings. The van der Waals surface area contributed by atoms with Crippen LogP contribution in [0, 0.1) is 0 Å². The van der Waals surface area contributed by atoms with Crippen molar-refractivity contribution in [3.63, 3.8) is 0 Å². The van der Waals surface area contributed by atoms with E-state index in [1.54, 1.807) is 6.08 Å². The fraction of sp³-hybridized carbons (Fsp3) is 0.689. The normalized spacial score (nSPS) is 23.4. The summed E-state index contributed by atoms with van der Waals surface area (Å²) < 4.78 is 33.3. The summed E-state index contributed by atoms with van der Waals surface area (Å²) in [7, 11) is -5.14. The van der Waals surface area contributed by atoms with Crippen LogP contribution < -0.4 is 0 Å². The molecule has 0 aromatic carbocycles. The van der Waals surface area contributed by atoms with E-state index in [-0.39, 0.29) is 12.8 Å². The lowest BCUT2D eigenvalue weighted by molar-refractivity contribution is -0.220. The van der Waals surface area contributed by atoms with Crippen molar-refractivity contribution in [2.24, 2.45) is 0 Å². The quantitative estimate of drug-likeness (QED) is 0.0115. The molecule has 0 heterocycles. The minimum atomic E-state index is -5.14. The third-order valence-corrected chi connectivity index (χ3v) is 10.6. The topological polar surface area (TPSA) is 230 Å². The van der Waals surface area contributed by atoms with Crippen molar-refractivity contribution in [2.45, 2.75) is 185 Å². The predicted molar refractivity (Wildman–Crippen MR) is 231 cm³/mol. The van der Waals surface area contributed by atoms with Crippen molar-refractivity contribution in [2.75, 3.05) is 13.2 Å². The lowest BCUT2D eigenvalue weighted by atomic mass is 9.85. The molecule has 7 N–H and O–H groups in total. The first-order chi connectivity index (χ1) is 28.8. The summed E-state index contributed by atoms with van der Waals surface area (Å²) in [6, 6.07) is 0. The lowest BCUT2D eigenvalue weighted by Gasteiger charge is -2.41. The molecule has 1 aliphatic rings. The fourth-order valence-electron chi connectivity index (χ4n) is 6.01. The highest BCUT2D eigenvalue weighted by molar-refractivity contribution is 7.47. The van der Waals surface area contributed by atoms with Gasteiger partial charge in [-0.3, -0.25) is 18.6 Å². The minimum Gasteiger partial charge on any atom is -0.462 e. The van der Waals surface area contributed by atoms with Gasteiger partial charge in [0.2, 0.25) is 0 Å². The van der Waals surface area contributed by atoms with Gasteiger partial charge in [-0.05, 0) is 64.2 Å². The van der Waals surface area contributed by atoms with Gasteiger partial charge >= 0.3 is 19.8 Å². The van der Waals surface area contributed by atoms with E-state index in [1.807, 2.05) is 42.5 Å². The van der Waals surface area contributed by atoms with Gasteiger partial charge in [-0.25, -0.2) is 4.57 Å². The Morgan fingerprint density at radius 1 is 0.600 bits per heavy atom. The minimum absolute atomic E-state index is 0.0557. The van der Waals surface area contributed by atoms with E-state index in [0.29, 0.717) is 19.3 Å². The standard InChI is InChI=1S/C45H75O14P/c1-3-5-7-8-9-10-11-12-15-19-22-25-29-33-39(48)58-37(35-57-60(54,55)59-45-43(52)41(50)40(49)42(51)44(45)53)34-56-38(47)32-28-24-21-18-16-13-14-17-20-23-27-31-36(46)30-26-6-4-2/h7-8,10-11,13-14,18,20-21,23,27,31,36-37,40-46,49-53H,3-6,9,12,15-17,19,22,24-26,28-30,32-35H2,1-2H3,(H,54,55)/b8-7-,11-10-,14-13-,21-18-,23-20-,31-27+/t36-,37-,40?,41-,42+,43-,44-,45?/m1/s1. The van der Waals surface area contributed by atoms with E-state index in [9.17, 15) is 49.7 Å². The van der Waals surface area contributed by atoms with Gasteiger partial charge in [0.25, 0.3) is 0 Å². The van der Waals surface area contributed by atoms with Gasteiger partial charge in [0.05, 0.1) is 12.7 Å². The summed E-state index contributed by atoms with van der Waals surface area (Å²) in [5.41, 5.74) is 0. The van der Waals surface area contributed by atoms with Crippen LogP contribution in [0.5, 0.6) is 0 Å². The van der Waals surface area contributed by atoms with Crippen LogP contribution in [0.1, 0.15) is 136 Å². The number of unbranched alkanes of at least 4 members (excludes halogenated alkanes) is 9. The maximum atomic E-state index is 12.8. The molecule has 0 radical (unpaired) electrons. The molecule has 60 heavy (non-hydrogen) atoms. The number of carbonyl (C=O) groups excluding carboxylic acids is 2. The van der Waals surface area contributed by atoms with E-state index >= 15 is 0 Å². The number of hydrogen-bond acceptors (Lipinski definition) is 13. The largest absolute Gasteiger partial charge is 0.472 e. The van der Waals surface area contributed by atoms with Crippen LogP contribution in [0.4, 0.5) is 0 Å². The summed E-state index contributed by atoms with van der Waals surface area (Å²) in [5.74, 6) is -1.22. The van der Waals surface area contributed by atoms with Gasteiger partial charge in [0.15, 0.2) is 6.10 Å². The smallest absolute Gasteiger partial charge is 0.462 e. The Morgan fingerprint density at radius 3 is 1.80 bits per heavy atom. The van der Waals surface area contributed by atoms with Gasteiger partial charge in [0, 0.05) is 12.8 Å². The molecule has 0 bridgehead atoms. The molecule has 0 amide bonds. The third-order valence-electron chi connectivity index (χ3n) is 9.61. The summed E-state index contributed by atoms with van der Waals surface area (Å²) in [6.07, 6.45) is 25.8. The number of hydrogen-bond donors (Lipinski definition) is 7. The molecule has 15 heteroatoms. The number of rotatable bonds is 34. The number of allylic oxidation sites excluding steroid dienone is 11. The number of esters is 2. The number of phosphoric acid groups is 1. The van der Waals surface area contributed by atoms with Crippen LogP contribution in [0.2, 0.25) is 0 Å². The van der Waals surface area contributed by atoms with E-state index in [0.717, 1.165) is 89.9 Å². The highest BCUT2D eigenvalue weighted by Crippen LogP contribution is 2.47. The average Bonchev–Trinajstić information content (AvgIpc) is 3.22. The Balaban J connectivity index is 2.56. The number of phosphoric ester groups is 1. The van der Waals surface area contributed by atoms with Gasteiger partial charge in [0.1, 0.15) is 43.2 Å². The SMILES string of the molecule is CCC/C=C\C/C=C\CCCCCCCC(=O)O[C@H](COC(=O)CCC/C=C\C/C=C\C/C=C\C=C\[C@H](O)CCCCC)COP(=O)(O)OC1[C@H](O)[C@H](O)C(O)[C@H](O)[C@H]1O. The number of aliphatic hydroxyl groups excluding tert-OH is 6. The molecule has 1 aliphatic carbocycles. The number of carbonyl (C=O) groups is 2. The zero-order valence-electron chi connectivity index (χ0n) is 35.8. The fourth-order valence-corrected chi connectivity index (χ4v) is 6.99. The lowest BCUT2D eigenvalue weighted by Crippen LogP contribution is -2.64. The monoisotopic (exact) mass is 870 g/mol. The molecule has 0 aromatic heterocycles. The molecule has 1 saturated carbocycles. The van der Waals surface area contributed by atoms with Gasteiger partial charge in [-0.2, -0.15) is 0 Å². The molecule has 1 rings (SSSR count). The number of aliphatic hydroxyl groups is 6. The Labute approximate surface area is 358 Å². The molecule has 0 aromatic rings. The van der Waals surface area contributed by atoms with E-state index < -0.39 is 81.8 Å². The molecule has 0 spiro atoms. The average molecular weight is 871 g/mol. The maximum absolute atomic E-state index is 12.8. The zero-order chi connectivity index (χ0) is 44.4. The van der Waals surface area contributed by atoms with Crippen molar-refractivity contribution in [3.8, 4) is 0 Å². The van der Waals surface area contributed by atoms with E-state index in [4.69, 9.17) is 18.5 Å². The van der Waals surface area contributed by atoms with Crippen LogP contribution in [0.25, 0.3) is 0 Å². The van der Waals surface area contributed by atoms with Gasteiger partial charge in [-0.1, -0.05) is 132 Å². The molecule has 0 aliphatic heterocycles. The Morgan fingerprint density at radius 2 is 1.15 bits per heavy atom. The van der Waals surface area contributed by atoms with Gasteiger partial charge in [-0.15, -0.1) is 0 Å². The van der Waals surface area contributed by atoms with Crippen LogP contribution in [0.15, 0.2) is 72.9 Å². The highest BCUT2D eigenvalue weighted by Gasteiger charge is 2.51. The van der Waals surface area contributed by atoms with Crippen LogP contribution in [0.3, 0.4) is 0 Å². The summed E-state index contributed by atoms with van der Waals surface area (Å²) in [6.45, 7) is 3.02. The highest BCUT2D eigenvalue weighted by atomic mass is 31.2. The molecule has 14 nitrogen and oxygen atoms in total. The first-order valence-corrected chi connectivity index (χ1v) is 23.3. The summed E-state index contributed by atoms with van der Waals surface area (Å²) in [4.78, 5) is 35.6. The first-order valence-electron chi connectivity index (χ1n) is 21.8. The Hall–Kier alpha value is -2.75. The zero-order valence-corrected chi connectivity index (χ0v) is 36.7. The summed E-state index contributed by atoms with van der Waals surface area (Å²) in [5, 5.41) is 60.0. The number of ether oxygens (including phenoxy) is 2. The summed E-state index contributed by atoms with van der Waals surface area (Å²) >= 11 is 0. The second-order valence-corrected chi connectivity index (χ2v) is 16.4. The molecule has 3 unspecified atom stereocenters. The third kappa shape index (κ3) is 27.2. The van der Waals surface area contributed by atoms with Crippen molar-refractivity contribution in [3.05, 3.63) is 72.9 Å². The van der Waals surface area contributed by atoms with E-state index in [2.05, 4.69) is 38.2 Å². The van der Waals surface area contributed by atoms with Crippen molar-refractivity contribution < 1.29 is 68.2 Å². The van der Waals surface area contributed by atoms with Crippen molar-refractivity contribution >= 4 is 19.8 Å².